The number of pyridine rings is 1. The van der Waals surface area contributed by atoms with Crippen LogP contribution < -0.4 is 5.73 Å². The van der Waals surface area contributed by atoms with Crippen molar-refractivity contribution >= 4 is 41.1 Å². The molecule has 164 valence electrons. The molecule has 31 heavy (non-hydrogen) atoms. The number of benzene rings is 1. The van der Waals surface area contributed by atoms with Gasteiger partial charge in [-0.05, 0) is 68.1 Å². The fourth-order valence-corrected chi connectivity index (χ4v) is 3.94. The Hall–Kier alpha value is -2.83. The van der Waals surface area contributed by atoms with Crippen LogP contribution in [0.3, 0.4) is 0 Å². The second-order valence-electron chi connectivity index (χ2n) is 8.07. The Labute approximate surface area is 189 Å². The van der Waals surface area contributed by atoms with E-state index in [1.807, 2.05) is 44.3 Å². The van der Waals surface area contributed by atoms with Gasteiger partial charge in [0.15, 0.2) is 0 Å². The minimum absolute atomic E-state index is 0. The van der Waals surface area contributed by atoms with E-state index in [1.54, 1.807) is 17.2 Å². The van der Waals surface area contributed by atoms with E-state index in [1.165, 1.54) is 12.8 Å². The van der Waals surface area contributed by atoms with E-state index in [0.29, 0.717) is 5.82 Å². The van der Waals surface area contributed by atoms with Gasteiger partial charge in [0.1, 0.15) is 5.82 Å². The number of hydrogen-bond donors (Lipinski definition) is 2. The Balaban J connectivity index is 0.00000272. The van der Waals surface area contributed by atoms with E-state index in [2.05, 4.69) is 27.0 Å². The molecule has 0 saturated carbocycles. The number of likely N-dealkylation sites (N-methyl/N-ethyl adjacent to an activating group) is 1. The van der Waals surface area contributed by atoms with Crippen LogP contribution in [0.1, 0.15) is 42.6 Å². The lowest BCUT2D eigenvalue weighted by Gasteiger charge is -2.22. The molecule has 1 aliphatic heterocycles. The van der Waals surface area contributed by atoms with Gasteiger partial charge in [-0.3, -0.25) is 9.69 Å². The maximum Gasteiger partial charge on any atom is 0.246 e. The van der Waals surface area contributed by atoms with Crippen LogP contribution in [-0.2, 0) is 11.3 Å². The molecule has 0 spiro atoms. The molecule has 3 N–H and O–H groups in total. The smallest absolute Gasteiger partial charge is 0.246 e. The maximum absolute atomic E-state index is 12.7. The van der Waals surface area contributed by atoms with Crippen LogP contribution in [0.15, 0.2) is 48.7 Å². The minimum Gasteiger partial charge on any atom is -0.383 e. The fourth-order valence-electron chi connectivity index (χ4n) is 3.94. The average Bonchev–Trinajstić information content (AvgIpc) is 3.42. The summed E-state index contributed by atoms with van der Waals surface area (Å²) in [5, 5.41) is 1.15. The zero-order valence-corrected chi connectivity index (χ0v) is 18.9. The van der Waals surface area contributed by atoms with E-state index in [4.69, 9.17) is 5.73 Å². The van der Waals surface area contributed by atoms with Crippen molar-refractivity contribution in [3.8, 4) is 0 Å². The molecule has 7 heteroatoms. The summed E-state index contributed by atoms with van der Waals surface area (Å²) in [6.45, 7) is 5.05. The summed E-state index contributed by atoms with van der Waals surface area (Å²) in [5.41, 5.74) is 10.1. The molecule has 0 aliphatic carbocycles. The Morgan fingerprint density at radius 1 is 1.29 bits per heavy atom. The Morgan fingerprint density at radius 2 is 2.03 bits per heavy atom. The summed E-state index contributed by atoms with van der Waals surface area (Å²) < 4.78 is 0. The van der Waals surface area contributed by atoms with Crippen LogP contribution in [0.5, 0.6) is 0 Å². The molecule has 1 amide bonds. The normalized spacial score (nSPS) is 15.3. The molecule has 3 aromatic rings. The van der Waals surface area contributed by atoms with E-state index in [9.17, 15) is 4.79 Å². The first-order chi connectivity index (χ1) is 14.5. The molecule has 1 aromatic carbocycles. The van der Waals surface area contributed by atoms with Gasteiger partial charge in [0.25, 0.3) is 0 Å². The Morgan fingerprint density at radius 3 is 2.77 bits per heavy atom. The number of amides is 1. The number of aromatic amines is 1. The summed E-state index contributed by atoms with van der Waals surface area (Å²) in [7, 11) is 1.82. The molecule has 3 heterocycles. The number of carbonyl (C=O) groups excluding carboxylic acids is 1. The second kappa shape index (κ2) is 9.98. The zero-order chi connectivity index (χ0) is 21.1. The monoisotopic (exact) mass is 439 g/mol. The van der Waals surface area contributed by atoms with Gasteiger partial charge in [-0.1, -0.05) is 18.2 Å². The van der Waals surface area contributed by atoms with E-state index in [0.717, 1.165) is 47.4 Å². The van der Waals surface area contributed by atoms with Crippen molar-refractivity contribution in [1.82, 2.24) is 19.8 Å². The Kier molecular flexibility index (Phi) is 7.36. The minimum atomic E-state index is -0.0650. The second-order valence-corrected chi connectivity index (χ2v) is 8.07. The van der Waals surface area contributed by atoms with E-state index < -0.39 is 0 Å². The van der Waals surface area contributed by atoms with Crippen LogP contribution in [0.25, 0.3) is 17.0 Å². The van der Waals surface area contributed by atoms with Crippen LogP contribution in [0, 0.1) is 0 Å². The van der Waals surface area contributed by atoms with Crippen molar-refractivity contribution in [3.05, 3.63) is 65.5 Å². The number of likely N-dealkylation sites (tertiary alicyclic amines) is 1. The molecule has 1 atom stereocenters. The number of halogens is 1. The molecule has 1 unspecified atom stereocenters. The van der Waals surface area contributed by atoms with Gasteiger partial charge in [-0.15, -0.1) is 12.4 Å². The summed E-state index contributed by atoms with van der Waals surface area (Å²) in [5.74, 6) is 0.508. The third-order valence-electron chi connectivity index (χ3n) is 5.96. The van der Waals surface area contributed by atoms with Gasteiger partial charge in [-0.2, -0.15) is 0 Å². The number of fused-ring (bicyclic) bond motifs is 1. The first kappa shape index (κ1) is 22.8. The molecule has 2 aromatic heterocycles. The van der Waals surface area contributed by atoms with E-state index >= 15 is 0 Å². The van der Waals surface area contributed by atoms with Gasteiger partial charge in [0.2, 0.25) is 5.91 Å². The van der Waals surface area contributed by atoms with Gasteiger partial charge < -0.3 is 15.6 Å². The zero-order valence-electron chi connectivity index (χ0n) is 18.0. The number of nitrogen functional groups attached to an aromatic ring is 1. The van der Waals surface area contributed by atoms with Crippen molar-refractivity contribution < 1.29 is 4.79 Å². The lowest BCUT2D eigenvalue weighted by Crippen LogP contribution is -2.28. The molecule has 0 bridgehead atoms. The third kappa shape index (κ3) is 5.27. The number of nitrogens with two attached hydrogens (primary N) is 1. The first-order valence-corrected chi connectivity index (χ1v) is 10.5. The first-order valence-electron chi connectivity index (χ1n) is 10.5. The number of nitrogens with one attached hydrogen (secondary N) is 1. The van der Waals surface area contributed by atoms with Crippen molar-refractivity contribution in [3.63, 3.8) is 0 Å². The molecular weight excluding hydrogens is 410 g/mol. The number of H-pyrrole nitrogens is 1. The molecule has 6 nitrogen and oxygen atoms in total. The summed E-state index contributed by atoms with van der Waals surface area (Å²) >= 11 is 0. The summed E-state index contributed by atoms with van der Waals surface area (Å²) in [4.78, 5) is 24.6. The fraction of sp³-hybridized carbons (Fsp3) is 0.333. The maximum atomic E-state index is 12.7. The number of aromatic nitrogens is 2. The van der Waals surface area contributed by atoms with Gasteiger partial charge in [0, 0.05) is 42.6 Å². The molecule has 1 aliphatic rings. The van der Waals surface area contributed by atoms with Crippen molar-refractivity contribution in [2.24, 2.45) is 0 Å². The largest absolute Gasteiger partial charge is 0.383 e. The van der Waals surface area contributed by atoms with Crippen molar-refractivity contribution in [2.45, 2.75) is 32.4 Å². The highest BCUT2D eigenvalue weighted by molar-refractivity contribution is 5.92. The quantitative estimate of drug-likeness (QED) is 0.558. The predicted molar refractivity (Wildman–Crippen MR) is 129 cm³/mol. The Bertz CT molecular complexity index is 1040. The molecule has 1 saturated heterocycles. The highest BCUT2D eigenvalue weighted by Gasteiger charge is 2.18. The van der Waals surface area contributed by atoms with Crippen LogP contribution in [-0.4, -0.2) is 45.8 Å². The lowest BCUT2D eigenvalue weighted by molar-refractivity contribution is -0.126. The third-order valence-corrected chi connectivity index (χ3v) is 5.96. The molecule has 1 fully saturated rings. The number of rotatable bonds is 6. The number of para-hydroxylation sites is 1. The van der Waals surface area contributed by atoms with Gasteiger partial charge in [-0.25, -0.2) is 4.98 Å². The summed E-state index contributed by atoms with van der Waals surface area (Å²) in [6, 6.07) is 12.2. The number of carbonyl (C=O) groups is 1. The molecule has 4 rings (SSSR count). The number of hydrogen-bond acceptors (Lipinski definition) is 4. The molecule has 0 radical (unpaired) electrons. The average molecular weight is 440 g/mol. The van der Waals surface area contributed by atoms with Crippen LogP contribution in [0.2, 0.25) is 0 Å². The number of nitrogens with zero attached hydrogens (tertiary/aromatic N) is 3. The topological polar surface area (TPSA) is 78.2 Å². The van der Waals surface area contributed by atoms with Crippen molar-refractivity contribution in [1.29, 1.82) is 0 Å². The highest BCUT2D eigenvalue weighted by Crippen LogP contribution is 2.24. The SMILES string of the molecule is CC(c1cc2ccccc2[nH]1)N(C)C(=O)/C=C/c1cnc(N)c(CN2CCCC2)c1.Cl. The standard InChI is InChI=1S/C24H29N5O.ClH/c1-17(22-14-19-7-3-4-8-21(19)27-22)28(2)23(30)10-9-18-13-20(24(25)26-15-18)16-29-11-5-6-12-29;/h3-4,7-10,13-15,17,27H,5-6,11-12,16H2,1-2H3,(H2,25,26);1H/b10-9+;. The van der Waals surface area contributed by atoms with E-state index in [-0.39, 0.29) is 24.4 Å². The van der Waals surface area contributed by atoms with Gasteiger partial charge >= 0.3 is 0 Å². The van der Waals surface area contributed by atoms with Crippen molar-refractivity contribution in [2.75, 3.05) is 25.9 Å². The van der Waals surface area contributed by atoms with Crippen LogP contribution >= 0.6 is 12.4 Å². The number of anilines is 1. The molecular formula is C24H30ClN5O. The lowest BCUT2D eigenvalue weighted by atomic mass is 10.1. The highest BCUT2D eigenvalue weighted by atomic mass is 35.5. The predicted octanol–water partition coefficient (Wildman–Crippen LogP) is 4.40. The van der Waals surface area contributed by atoms with Crippen LogP contribution in [0.4, 0.5) is 5.82 Å². The summed E-state index contributed by atoms with van der Waals surface area (Å²) in [6.07, 6.45) is 7.61. The van der Waals surface area contributed by atoms with Gasteiger partial charge in [0.05, 0.1) is 6.04 Å².